The number of aromatic carboxylic acids is 1. The van der Waals surface area contributed by atoms with Gasteiger partial charge in [-0.25, -0.2) is 4.79 Å². The van der Waals surface area contributed by atoms with Gasteiger partial charge in [-0.3, -0.25) is 4.90 Å². The monoisotopic (exact) mass is 245 g/mol. The van der Waals surface area contributed by atoms with Crippen molar-refractivity contribution in [3.05, 3.63) is 34.9 Å². The van der Waals surface area contributed by atoms with Gasteiger partial charge in [0.1, 0.15) is 0 Å². The summed E-state index contributed by atoms with van der Waals surface area (Å²) in [5.41, 5.74) is 2.95. The molecular weight excluding hydrogens is 226 g/mol. The maximum atomic E-state index is 11.0. The van der Waals surface area contributed by atoms with Gasteiger partial charge in [0.25, 0.3) is 0 Å². The number of hydrogen-bond donors (Lipinski definition) is 1. The van der Waals surface area contributed by atoms with Crippen LogP contribution in [0.25, 0.3) is 0 Å². The number of rotatable bonds is 3. The third-order valence-electron chi connectivity index (χ3n) is 4.29. The summed E-state index contributed by atoms with van der Waals surface area (Å²) in [5, 5.41) is 9.03. The lowest BCUT2D eigenvalue weighted by Gasteiger charge is -2.35. The molecule has 0 spiro atoms. The minimum absolute atomic E-state index is 0.416. The smallest absolute Gasteiger partial charge is 0.335 e. The van der Waals surface area contributed by atoms with Crippen molar-refractivity contribution in [2.24, 2.45) is 5.92 Å². The Balaban J connectivity index is 1.73. The molecule has 0 atom stereocenters. The molecule has 0 unspecified atom stereocenters. The van der Waals surface area contributed by atoms with Gasteiger partial charge in [-0.1, -0.05) is 12.5 Å². The molecule has 0 radical (unpaired) electrons. The summed E-state index contributed by atoms with van der Waals surface area (Å²) in [6.45, 7) is 3.24. The quantitative estimate of drug-likeness (QED) is 0.889. The normalized spacial score (nSPS) is 20.2. The van der Waals surface area contributed by atoms with Gasteiger partial charge in [0.2, 0.25) is 0 Å². The van der Waals surface area contributed by atoms with Crippen molar-refractivity contribution in [1.29, 1.82) is 0 Å². The van der Waals surface area contributed by atoms with Gasteiger partial charge in [0, 0.05) is 19.6 Å². The van der Waals surface area contributed by atoms with Crippen LogP contribution in [0.3, 0.4) is 0 Å². The van der Waals surface area contributed by atoms with E-state index in [0.717, 1.165) is 25.4 Å². The third kappa shape index (κ3) is 2.27. The Bertz CT molecular complexity index is 466. The summed E-state index contributed by atoms with van der Waals surface area (Å²) in [6.07, 6.45) is 5.19. The van der Waals surface area contributed by atoms with Gasteiger partial charge in [-0.2, -0.15) is 0 Å². The number of benzene rings is 1. The molecule has 0 aromatic heterocycles. The lowest BCUT2D eigenvalue weighted by atomic mass is 9.84. The topological polar surface area (TPSA) is 40.5 Å². The van der Waals surface area contributed by atoms with Crippen LogP contribution in [0.4, 0.5) is 0 Å². The molecule has 1 aliphatic carbocycles. The molecule has 1 heterocycles. The molecule has 1 N–H and O–H groups in total. The Morgan fingerprint density at radius 2 is 2.17 bits per heavy atom. The van der Waals surface area contributed by atoms with E-state index in [1.165, 1.54) is 36.9 Å². The minimum atomic E-state index is -0.825. The van der Waals surface area contributed by atoms with E-state index < -0.39 is 5.97 Å². The highest BCUT2D eigenvalue weighted by Crippen LogP contribution is 2.29. The van der Waals surface area contributed by atoms with Crippen molar-refractivity contribution in [1.82, 2.24) is 4.90 Å². The predicted molar refractivity (Wildman–Crippen MR) is 69.7 cm³/mol. The summed E-state index contributed by atoms with van der Waals surface area (Å²) < 4.78 is 0. The lowest BCUT2D eigenvalue weighted by molar-refractivity contribution is 0.0696. The first-order valence-electron chi connectivity index (χ1n) is 6.80. The highest BCUT2D eigenvalue weighted by Gasteiger charge is 2.23. The average Bonchev–Trinajstić information content (AvgIpc) is 2.33. The fourth-order valence-corrected chi connectivity index (χ4v) is 2.94. The van der Waals surface area contributed by atoms with E-state index >= 15 is 0 Å². The van der Waals surface area contributed by atoms with Crippen molar-refractivity contribution >= 4 is 5.97 Å². The summed E-state index contributed by atoms with van der Waals surface area (Å²) in [5.74, 6) is 0.0584. The summed E-state index contributed by atoms with van der Waals surface area (Å²) in [7, 11) is 0. The molecular formula is C15H19NO2. The number of carboxylic acids is 1. The molecule has 18 heavy (non-hydrogen) atoms. The predicted octanol–water partition coefficient (Wildman–Crippen LogP) is 2.54. The second kappa shape index (κ2) is 4.73. The minimum Gasteiger partial charge on any atom is -0.478 e. The van der Waals surface area contributed by atoms with Gasteiger partial charge in [-0.05, 0) is 48.4 Å². The fourth-order valence-electron chi connectivity index (χ4n) is 2.94. The van der Waals surface area contributed by atoms with Crippen molar-refractivity contribution in [3.63, 3.8) is 0 Å². The van der Waals surface area contributed by atoms with Crippen molar-refractivity contribution < 1.29 is 9.90 Å². The van der Waals surface area contributed by atoms with Crippen molar-refractivity contribution in [2.45, 2.75) is 32.2 Å². The zero-order chi connectivity index (χ0) is 12.5. The van der Waals surface area contributed by atoms with E-state index in [9.17, 15) is 4.79 Å². The van der Waals surface area contributed by atoms with E-state index in [4.69, 9.17) is 5.11 Å². The maximum absolute atomic E-state index is 11.0. The highest BCUT2D eigenvalue weighted by molar-refractivity contribution is 5.87. The molecule has 0 amide bonds. The number of carboxylic acid groups (broad SMARTS) is 1. The van der Waals surface area contributed by atoms with Crippen LogP contribution in [0.1, 0.15) is 40.7 Å². The van der Waals surface area contributed by atoms with Crippen LogP contribution in [-0.4, -0.2) is 29.1 Å². The largest absolute Gasteiger partial charge is 0.478 e. The Morgan fingerprint density at radius 3 is 2.83 bits per heavy atom. The first-order valence-corrected chi connectivity index (χ1v) is 6.80. The lowest BCUT2D eigenvalue weighted by Crippen LogP contribution is -2.36. The molecule has 3 nitrogen and oxygen atoms in total. The number of fused-ring (bicyclic) bond motifs is 1. The summed E-state index contributed by atoms with van der Waals surface area (Å²) in [4.78, 5) is 13.5. The molecule has 3 heteroatoms. The standard InChI is InChI=1S/C15H19NO2/c17-15(18)13-5-4-12-6-7-16(10-14(12)8-13)9-11-2-1-3-11/h4-5,8,11H,1-3,6-7,9-10H2,(H,17,18). The summed E-state index contributed by atoms with van der Waals surface area (Å²) in [6, 6.07) is 5.56. The second-order valence-corrected chi connectivity index (χ2v) is 5.57. The van der Waals surface area contributed by atoms with E-state index in [1.54, 1.807) is 6.07 Å². The molecule has 3 rings (SSSR count). The molecule has 1 aromatic rings. The SMILES string of the molecule is O=C(O)c1ccc2c(c1)CN(CC1CCC1)CC2. The second-order valence-electron chi connectivity index (χ2n) is 5.57. The first kappa shape index (κ1) is 11.7. The average molecular weight is 245 g/mol. The number of nitrogens with zero attached hydrogens (tertiary/aromatic N) is 1. The van der Waals surface area contributed by atoms with Gasteiger partial charge in [0.15, 0.2) is 0 Å². The van der Waals surface area contributed by atoms with E-state index in [2.05, 4.69) is 4.90 Å². The van der Waals surface area contributed by atoms with Crippen molar-refractivity contribution in [2.75, 3.05) is 13.1 Å². The molecule has 1 fully saturated rings. The van der Waals surface area contributed by atoms with Crippen LogP contribution in [0.2, 0.25) is 0 Å². The molecule has 1 saturated carbocycles. The maximum Gasteiger partial charge on any atom is 0.335 e. The Kier molecular flexibility index (Phi) is 3.08. The van der Waals surface area contributed by atoms with Crippen LogP contribution in [-0.2, 0) is 13.0 Å². The first-order chi connectivity index (χ1) is 8.72. The zero-order valence-electron chi connectivity index (χ0n) is 10.6. The molecule has 1 aliphatic heterocycles. The van der Waals surface area contributed by atoms with Crippen LogP contribution < -0.4 is 0 Å². The van der Waals surface area contributed by atoms with Crippen LogP contribution in [0.15, 0.2) is 18.2 Å². The van der Waals surface area contributed by atoms with Crippen LogP contribution in [0, 0.1) is 5.92 Å². The van der Waals surface area contributed by atoms with Crippen molar-refractivity contribution in [3.8, 4) is 0 Å². The Morgan fingerprint density at radius 1 is 1.33 bits per heavy atom. The summed E-state index contributed by atoms with van der Waals surface area (Å²) >= 11 is 0. The Hall–Kier alpha value is -1.35. The van der Waals surface area contributed by atoms with Gasteiger partial charge in [0.05, 0.1) is 5.56 Å². The fraction of sp³-hybridized carbons (Fsp3) is 0.533. The molecule has 0 saturated heterocycles. The molecule has 1 aromatic carbocycles. The Labute approximate surface area is 107 Å². The van der Waals surface area contributed by atoms with Gasteiger partial charge < -0.3 is 5.11 Å². The molecule has 0 bridgehead atoms. The number of hydrogen-bond acceptors (Lipinski definition) is 2. The van der Waals surface area contributed by atoms with Gasteiger partial charge in [-0.15, -0.1) is 0 Å². The van der Waals surface area contributed by atoms with Crippen LogP contribution in [0.5, 0.6) is 0 Å². The van der Waals surface area contributed by atoms with E-state index in [-0.39, 0.29) is 0 Å². The zero-order valence-corrected chi connectivity index (χ0v) is 10.6. The van der Waals surface area contributed by atoms with Gasteiger partial charge >= 0.3 is 5.97 Å². The highest BCUT2D eigenvalue weighted by atomic mass is 16.4. The molecule has 2 aliphatic rings. The van der Waals surface area contributed by atoms with Crippen LogP contribution >= 0.6 is 0 Å². The third-order valence-corrected chi connectivity index (χ3v) is 4.29. The number of carbonyl (C=O) groups is 1. The van der Waals surface area contributed by atoms with E-state index in [1.807, 2.05) is 12.1 Å². The van der Waals surface area contributed by atoms with E-state index in [0.29, 0.717) is 5.56 Å². The molecule has 96 valence electrons.